The minimum atomic E-state index is 0.656. The average molecular weight is 195 g/mol. The lowest BCUT2D eigenvalue weighted by atomic mass is 9.97. The highest BCUT2D eigenvalue weighted by Crippen LogP contribution is 2.16. The molecule has 1 saturated heterocycles. The van der Waals surface area contributed by atoms with Gasteiger partial charge in [-0.25, -0.2) is 0 Å². The molecule has 1 rings (SSSR count). The van der Waals surface area contributed by atoms with Crippen LogP contribution in [0, 0.1) is 17.2 Å². The molecule has 1 aliphatic rings. The highest BCUT2D eigenvalue weighted by molar-refractivity contribution is 4.75. The average Bonchev–Trinajstić information content (AvgIpc) is 2.18. The Bertz CT molecular complexity index is 189. The van der Waals surface area contributed by atoms with Gasteiger partial charge in [0.1, 0.15) is 0 Å². The minimum Gasteiger partial charge on any atom is -0.306 e. The molecule has 1 aliphatic heterocycles. The van der Waals surface area contributed by atoms with E-state index in [0.29, 0.717) is 6.42 Å². The van der Waals surface area contributed by atoms with Crippen molar-refractivity contribution in [3.63, 3.8) is 0 Å². The fraction of sp³-hybridized carbons (Fsp3) is 0.909. The van der Waals surface area contributed by atoms with Gasteiger partial charge in [0.2, 0.25) is 0 Å². The van der Waals surface area contributed by atoms with Crippen molar-refractivity contribution in [2.24, 2.45) is 5.92 Å². The van der Waals surface area contributed by atoms with Crippen LogP contribution in [0.5, 0.6) is 0 Å². The van der Waals surface area contributed by atoms with Crippen LogP contribution in [-0.2, 0) is 0 Å². The Morgan fingerprint density at radius 1 is 1.43 bits per heavy atom. The normalized spacial score (nSPS) is 19.9. The SMILES string of the molecule is CN1CCC(CN(C)CCC#N)CC1. The van der Waals surface area contributed by atoms with Crippen molar-refractivity contribution in [3.05, 3.63) is 0 Å². The molecule has 0 aliphatic carbocycles. The maximum absolute atomic E-state index is 8.47. The molecule has 1 fully saturated rings. The molecule has 0 aromatic heterocycles. The van der Waals surface area contributed by atoms with Gasteiger partial charge in [0.15, 0.2) is 0 Å². The molecule has 0 aromatic rings. The van der Waals surface area contributed by atoms with Crippen molar-refractivity contribution < 1.29 is 0 Å². The molecule has 80 valence electrons. The summed E-state index contributed by atoms with van der Waals surface area (Å²) in [5, 5.41) is 8.47. The summed E-state index contributed by atoms with van der Waals surface area (Å²) in [5.74, 6) is 0.842. The molecule has 0 amide bonds. The number of piperidine rings is 1. The van der Waals surface area contributed by atoms with Gasteiger partial charge >= 0.3 is 0 Å². The third kappa shape index (κ3) is 4.08. The van der Waals surface area contributed by atoms with Crippen LogP contribution in [0.3, 0.4) is 0 Å². The second-order valence-corrected chi connectivity index (χ2v) is 4.42. The Kier molecular flexibility index (Phi) is 4.92. The van der Waals surface area contributed by atoms with Crippen molar-refractivity contribution in [3.8, 4) is 6.07 Å². The molecule has 0 atom stereocenters. The van der Waals surface area contributed by atoms with Gasteiger partial charge < -0.3 is 9.80 Å². The molecule has 0 unspecified atom stereocenters. The molecule has 3 nitrogen and oxygen atoms in total. The highest BCUT2D eigenvalue weighted by atomic mass is 15.1. The molecule has 0 bridgehead atoms. The molecule has 0 radical (unpaired) electrons. The van der Waals surface area contributed by atoms with E-state index in [1.54, 1.807) is 0 Å². The lowest BCUT2D eigenvalue weighted by Gasteiger charge is -2.31. The van der Waals surface area contributed by atoms with Crippen molar-refractivity contribution in [2.75, 3.05) is 40.3 Å². The van der Waals surface area contributed by atoms with Gasteiger partial charge in [-0.05, 0) is 45.9 Å². The van der Waals surface area contributed by atoms with Crippen LogP contribution in [0.15, 0.2) is 0 Å². The van der Waals surface area contributed by atoms with Crippen LogP contribution >= 0.6 is 0 Å². The Hall–Kier alpha value is -0.590. The summed E-state index contributed by atoms with van der Waals surface area (Å²) in [6, 6.07) is 2.19. The number of hydrogen-bond acceptors (Lipinski definition) is 3. The van der Waals surface area contributed by atoms with Crippen LogP contribution in [0.25, 0.3) is 0 Å². The molecule has 14 heavy (non-hydrogen) atoms. The van der Waals surface area contributed by atoms with Gasteiger partial charge in [0.05, 0.1) is 6.07 Å². The molecule has 0 spiro atoms. The lowest BCUT2D eigenvalue weighted by molar-refractivity contribution is 0.177. The van der Waals surface area contributed by atoms with Gasteiger partial charge in [0.25, 0.3) is 0 Å². The maximum Gasteiger partial charge on any atom is 0.0635 e. The zero-order valence-corrected chi connectivity index (χ0v) is 9.37. The topological polar surface area (TPSA) is 30.3 Å². The van der Waals surface area contributed by atoms with E-state index in [9.17, 15) is 0 Å². The summed E-state index contributed by atoms with van der Waals surface area (Å²) in [4.78, 5) is 4.69. The van der Waals surface area contributed by atoms with E-state index < -0.39 is 0 Å². The van der Waals surface area contributed by atoms with Crippen molar-refractivity contribution in [2.45, 2.75) is 19.3 Å². The number of nitrogens with zero attached hydrogens (tertiary/aromatic N) is 3. The first-order valence-electron chi connectivity index (χ1n) is 5.46. The van der Waals surface area contributed by atoms with E-state index >= 15 is 0 Å². The Balaban J connectivity index is 2.14. The standard InChI is InChI=1S/C11H21N3/c1-13-8-4-11(5-9-13)10-14(2)7-3-6-12/h11H,3-5,7-10H2,1-2H3. The van der Waals surface area contributed by atoms with E-state index in [-0.39, 0.29) is 0 Å². The van der Waals surface area contributed by atoms with E-state index in [1.165, 1.54) is 25.9 Å². The molecule has 3 heteroatoms. The lowest BCUT2D eigenvalue weighted by Crippen LogP contribution is -2.35. The fourth-order valence-corrected chi connectivity index (χ4v) is 2.02. The van der Waals surface area contributed by atoms with Gasteiger partial charge in [-0.1, -0.05) is 0 Å². The number of nitriles is 1. The largest absolute Gasteiger partial charge is 0.306 e. The first kappa shape index (κ1) is 11.5. The van der Waals surface area contributed by atoms with E-state index in [0.717, 1.165) is 19.0 Å². The van der Waals surface area contributed by atoms with Crippen molar-refractivity contribution >= 4 is 0 Å². The Morgan fingerprint density at radius 2 is 2.07 bits per heavy atom. The number of hydrogen-bond donors (Lipinski definition) is 0. The molecule has 0 N–H and O–H groups in total. The first-order valence-corrected chi connectivity index (χ1v) is 5.46. The van der Waals surface area contributed by atoms with E-state index in [1.807, 2.05) is 0 Å². The summed E-state index contributed by atoms with van der Waals surface area (Å²) in [7, 11) is 4.31. The first-order chi connectivity index (χ1) is 6.72. The highest BCUT2D eigenvalue weighted by Gasteiger charge is 2.17. The van der Waals surface area contributed by atoms with Crippen LogP contribution in [-0.4, -0.2) is 50.1 Å². The molecule has 0 aromatic carbocycles. The van der Waals surface area contributed by atoms with Gasteiger partial charge in [-0.15, -0.1) is 0 Å². The second kappa shape index (κ2) is 6.00. The van der Waals surface area contributed by atoms with Crippen LogP contribution in [0.1, 0.15) is 19.3 Å². The zero-order valence-electron chi connectivity index (χ0n) is 9.37. The van der Waals surface area contributed by atoms with Gasteiger partial charge in [-0.2, -0.15) is 5.26 Å². The summed E-state index contributed by atoms with van der Waals surface area (Å²) in [6.07, 6.45) is 3.28. The second-order valence-electron chi connectivity index (χ2n) is 4.42. The quantitative estimate of drug-likeness (QED) is 0.674. The maximum atomic E-state index is 8.47. The molecular weight excluding hydrogens is 174 g/mol. The predicted molar refractivity (Wildman–Crippen MR) is 57.9 cm³/mol. The van der Waals surface area contributed by atoms with E-state index in [2.05, 4.69) is 30.0 Å². The third-order valence-corrected chi connectivity index (χ3v) is 3.01. The fourth-order valence-electron chi connectivity index (χ4n) is 2.02. The Morgan fingerprint density at radius 3 is 2.64 bits per heavy atom. The third-order valence-electron chi connectivity index (χ3n) is 3.01. The zero-order chi connectivity index (χ0) is 10.4. The summed E-state index contributed by atoms with van der Waals surface area (Å²) in [6.45, 7) is 4.55. The number of rotatable bonds is 4. The van der Waals surface area contributed by atoms with Crippen LogP contribution < -0.4 is 0 Å². The van der Waals surface area contributed by atoms with Gasteiger partial charge in [0, 0.05) is 19.5 Å². The predicted octanol–water partition coefficient (Wildman–Crippen LogP) is 1.17. The summed E-state index contributed by atoms with van der Waals surface area (Å²) >= 11 is 0. The van der Waals surface area contributed by atoms with Crippen molar-refractivity contribution in [1.29, 1.82) is 5.26 Å². The van der Waals surface area contributed by atoms with Crippen molar-refractivity contribution in [1.82, 2.24) is 9.80 Å². The van der Waals surface area contributed by atoms with E-state index in [4.69, 9.17) is 5.26 Å². The minimum absolute atomic E-state index is 0.656. The number of likely N-dealkylation sites (tertiary alicyclic amines) is 1. The molecular formula is C11H21N3. The monoisotopic (exact) mass is 195 g/mol. The van der Waals surface area contributed by atoms with Crippen LogP contribution in [0.2, 0.25) is 0 Å². The molecule has 0 saturated carbocycles. The smallest absolute Gasteiger partial charge is 0.0635 e. The van der Waals surface area contributed by atoms with Gasteiger partial charge in [-0.3, -0.25) is 0 Å². The molecule has 1 heterocycles. The van der Waals surface area contributed by atoms with Crippen LogP contribution in [0.4, 0.5) is 0 Å². The summed E-state index contributed by atoms with van der Waals surface area (Å²) < 4.78 is 0. The summed E-state index contributed by atoms with van der Waals surface area (Å²) in [5.41, 5.74) is 0. The Labute approximate surface area is 87.3 Å².